The number of nitrogens with zero attached hydrogens (tertiary/aromatic N) is 3. The first-order chi connectivity index (χ1) is 16.4. The highest BCUT2D eigenvalue weighted by atomic mass is 19.4. The molecule has 1 aromatic heterocycles. The van der Waals surface area contributed by atoms with Crippen LogP contribution in [0, 0.1) is 23.2 Å². The Morgan fingerprint density at radius 2 is 1.69 bits per heavy atom. The van der Waals surface area contributed by atoms with Crippen LogP contribution in [-0.2, 0) is 15.8 Å². The van der Waals surface area contributed by atoms with Crippen LogP contribution in [0.5, 0.6) is 0 Å². The van der Waals surface area contributed by atoms with Gasteiger partial charge in [-0.2, -0.15) is 13.2 Å². The zero-order chi connectivity index (χ0) is 25.2. The monoisotopic (exact) mass is 493 g/mol. The highest BCUT2D eigenvalue weighted by Gasteiger charge is 2.58. The fourth-order valence-electron chi connectivity index (χ4n) is 7.27. The van der Waals surface area contributed by atoms with Crippen LogP contribution in [0.1, 0.15) is 51.5 Å². The third-order valence-corrected chi connectivity index (χ3v) is 9.12. The molecule has 10 heteroatoms. The van der Waals surface area contributed by atoms with Crippen LogP contribution in [0.3, 0.4) is 0 Å². The average molecular weight is 494 g/mol. The summed E-state index contributed by atoms with van der Waals surface area (Å²) >= 11 is 0. The summed E-state index contributed by atoms with van der Waals surface area (Å²) in [5, 5.41) is 3.35. The highest BCUT2D eigenvalue weighted by molar-refractivity contribution is 5.86. The van der Waals surface area contributed by atoms with Gasteiger partial charge in [-0.05, 0) is 75.8 Å². The Hall–Kier alpha value is -2.36. The van der Waals surface area contributed by atoms with Crippen molar-refractivity contribution in [3.05, 3.63) is 23.9 Å². The molecule has 35 heavy (non-hydrogen) atoms. The number of hydrogen-bond donors (Lipinski definition) is 2. The first-order valence-electron chi connectivity index (χ1n) is 12.5. The molecule has 1 aliphatic heterocycles. The first kappa shape index (κ1) is 24.3. The maximum Gasteiger partial charge on any atom is 0.417 e. The number of rotatable bonds is 5. The number of carbonyl (C=O) groups is 2. The maximum absolute atomic E-state index is 13.5. The number of primary amides is 1. The van der Waals surface area contributed by atoms with E-state index in [2.05, 4.69) is 15.2 Å². The predicted molar refractivity (Wildman–Crippen MR) is 124 cm³/mol. The minimum Gasteiger partial charge on any atom is -0.369 e. The molecule has 5 fully saturated rings. The molecular weight excluding hydrogens is 459 g/mol. The Morgan fingerprint density at radius 1 is 1.06 bits per heavy atom. The van der Waals surface area contributed by atoms with E-state index in [1.165, 1.54) is 6.07 Å². The quantitative estimate of drug-likeness (QED) is 0.658. The number of nitrogens with one attached hydrogen (secondary N) is 1. The third kappa shape index (κ3) is 4.27. The van der Waals surface area contributed by atoms with Crippen molar-refractivity contribution in [1.29, 1.82) is 0 Å². The molecule has 1 saturated heterocycles. The summed E-state index contributed by atoms with van der Waals surface area (Å²) in [5.74, 6) is 1.46. The fraction of sp³-hybridized carbons (Fsp3) is 0.720. The molecule has 192 valence electrons. The van der Waals surface area contributed by atoms with Crippen molar-refractivity contribution in [2.75, 3.05) is 31.1 Å². The van der Waals surface area contributed by atoms with Crippen LogP contribution in [0.4, 0.5) is 19.0 Å². The van der Waals surface area contributed by atoms with Gasteiger partial charge < -0.3 is 16.0 Å². The average Bonchev–Trinajstić information content (AvgIpc) is 2.80. The predicted octanol–water partition coefficient (Wildman–Crippen LogP) is 2.80. The third-order valence-electron chi connectivity index (χ3n) is 9.12. The summed E-state index contributed by atoms with van der Waals surface area (Å²) in [6.07, 6.45) is 1.02. The molecule has 2 heterocycles. The molecule has 2 amide bonds. The van der Waals surface area contributed by atoms with E-state index in [0.717, 1.165) is 44.4 Å². The molecule has 4 bridgehead atoms. The lowest BCUT2D eigenvalue weighted by molar-refractivity contribution is -0.149. The van der Waals surface area contributed by atoms with Crippen molar-refractivity contribution in [2.24, 2.45) is 28.9 Å². The van der Waals surface area contributed by atoms with Gasteiger partial charge in [-0.15, -0.1) is 0 Å². The summed E-state index contributed by atoms with van der Waals surface area (Å²) in [5.41, 5.74) is 3.93. The Labute approximate surface area is 203 Å². The largest absolute Gasteiger partial charge is 0.417 e. The van der Waals surface area contributed by atoms with E-state index in [0.29, 0.717) is 49.8 Å². The van der Waals surface area contributed by atoms with E-state index in [4.69, 9.17) is 5.73 Å². The second kappa shape index (κ2) is 8.35. The smallest absolute Gasteiger partial charge is 0.369 e. The van der Waals surface area contributed by atoms with Gasteiger partial charge in [0.1, 0.15) is 5.82 Å². The molecule has 2 atom stereocenters. The maximum atomic E-state index is 13.5. The van der Waals surface area contributed by atoms with Crippen LogP contribution in [0.15, 0.2) is 18.3 Å². The van der Waals surface area contributed by atoms with Crippen molar-refractivity contribution in [2.45, 2.75) is 63.7 Å². The van der Waals surface area contributed by atoms with Crippen LogP contribution >= 0.6 is 0 Å². The number of pyridine rings is 1. The summed E-state index contributed by atoms with van der Waals surface area (Å²) in [6.45, 7) is 6.21. The second-order valence-corrected chi connectivity index (χ2v) is 11.5. The van der Waals surface area contributed by atoms with E-state index in [-0.39, 0.29) is 23.3 Å². The number of alkyl halides is 3. The molecule has 0 aromatic carbocycles. The van der Waals surface area contributed by atoms with Gasteiger partial charge in [-0.25, -0.2) is 4.98 Å². The molecular formula is C25H34F3N5O2. The SMILES string of the molecule is CC(C)(C(=O)NC1[C@H]2CC3C[C@H]1CC(C(N)=O)(C3)C2)N1CCN(c2ccc(C(F)(F)F)cn2)CC1. The minimum atomic E-state index is -4.40. The van der Waals surface area contributed by atoms with Crippen molar-refractivity contribution in [3.63, 3.8) is 0 Å². The Balaban J connectivity index is 1.19. The molecule has 4 aliphatic carbocycles. The normalized spacial score (nSPS) is 33.1. The van der Waals surface area contributed by atoms with E-state index in [1.54, 1.807) is 0 Å². The van der Waals surface area contributed by atoms with Gasteiger partial charge in [-0.3, -0.25) is 14.5 Å². The molecule has 4 saturated carbocycles. The van der Waals surface area contributed by atoms with Crippen LogP contribution in [0.25, 0.3) is 0 Å². The van der Waals surface area contributed by atoms with E-state index >= 15 is 0 Å². The molecule has 0 spiro atoms. The van der Waals surface area contributed by atoms with Crippen LogP contribution in [-0.4, -0.2) is 59.5 Å². The number of carbonyl (C=O) groups excluding carboxylic acids is 2. The number of amides is 2. The lowest BCUT2D eigenvalue weighted by Gasteiger charge is -2.59. The molecule has 6 rings (SSSR count). The molecule has 5 aliphatic rings. The molecule has 1 aromatic rings. The van der Waals surface area contributed by atoms with E-state index in [1.807, 2.05) is 18.7 Å². The topological polar surface area (TPSA) is 91.6 Å². The van der Waals surface area contributed by atoms with Gasteiger partial charge in [0.05, 0.1) is 11.1 Å². The first-order valence-corrected chi connectivity index (χ1v) is 12.5. The van der Waals surface area contributed by atoms with Crippen molar-refractivity contribution < 1.29 is 22.8 Å². The minimum absolute atomic E-state index is 0.01000. The molecule has 3 N–H and O–H groups in total. The number of aromatic nitrogens is 1. The summed E-state index contributed by atoms with van der Waals surface area (Å²) < 4.78 is 38.5. The zero-order valence-electron chi connectivity index (χ0n) is 20.3. The van der Waals surface area contributed by atoms with Gasteiger partial charge in [0.15, 0.2) is 0 Å². The van der Waals surface area contributed by atoms with Gasteiger partial charge in [0, 0.05) is 43.8 Å². The van der Waals surface area contributed by atoms with Crippen molar-refractivity contribution in [1.82, 2.24) is 15.2 Å². The zero-order valence-corrected chi connectivity index (χ0v) is 20.3. The number of anilines is 1. The Kier molecular flexibility index (Phi) is 5.81. The Morgan fingerprint density at radius 3 is 2.20 bits per heavy atom. The lowest BCUT2D eigenvalue weighted by atomic mass is 9.47. The standard InChI is InChI=1S/C25H34F3N5O2/c1-23(2,33-7-5-32(6-8-33)19-4-3-18(14-30-19)25(26,27)28)22(35)31-20-16-9-15-10-17(20)13-24(11-15,12-16)21(29)34/h3-4,14-17,20H,5-13H2,1-2H3,(H2,29,34)(H,31,35)/t15?,16-,17-,20?,24?/m0/s1. The molecule has 0 unspecified atom stereocenters. The lowest BCUT2D eigenvalue weighted by Crippen LogP contribution is -2.66. The number of halogens is 3. The fourth-order valence-corrected chi connectivity index (χ4v) is 7.27. The summed E-state index contributed by atoms with van der Waals surface area (Å²) in [4.78, 5) is 33.8. The van der Waals surface area contributed by atoms with Gasteiger partial charge in [0.2, 0.25) is 11.8 Å². The highest BCUT2D eigenvalue weighted by Crippen LogP contribution is 2.60. The van der Waals surface area contributed by atoms with E-state index < -0.39 is 17.3 Å². The number of nitrogens with two attached hydrogens (primary N) is 1. The van der Waals surface area contributed by atoms with E-state index in [9.17, 15) is 22.8 Å². The number of piperazine rings is 1. The summed E-state index contributed by atoms with van der Waals surface area (Å²) in [6, 6.07) is 2.55. The van der Waals surface area contributed by atoms with Crippen LogP contribution in [0.2, 0.25) is 0 Å². The van der Waals surface area contributed by atoms with Crippen molar-refractivity contribution in [3.8, 4) is 0 Å². The second-order valence-electron chi connectivity index (χ2n) is 11.5. The van der Waals surface area contributed by atoms with Crippen molar-refractivity contribution >= 4 is 17.6 Å². The molecule has 0 radical (unpaired) electrons. The Bertz CT molecular complexity index is 972. The van der Waals surface area contributed by atoms with Crippen LogP contribution < -0.4 is 16.0 Å². The number of hydrogen-bond acceptors (Lipinski definition) is 5. The van der Waals surface area contributed by atoms with Gasteiger partial charge in [-0.1, -0.05) is 0 Å². The molecule has 7 nitrogen and oxygen atoms in total. The summed E-state index contributed by atoms with van der Waals surface area (Å²) in [7, 11) is 0. The van der Waals surface area contributed by atoms with Gasteiger partial charge >= 0.3 is 6.18 Å². The van der Waals surface area contributed by atoms with Gasteiger partial charge in [0.25, 0.3) is 0 Å².